The number of benzene rings is 1. The smallest absolute Gasteiger partial charge is 0.168 e. The molecule has 0 aromatic heterocycles. The standard InChI is InChI=1S/C10H12O2/c1-3-8-11-12-10-7-5-4-6-9(10)2/h3-7H,1,8H2,2H3. The van der Waals surface area contributed by atoms with Gasteiger partial charge in [0.2, 0.25) is 0 Å². The molecule has 0 aliphatic heterocycles. The monoisotopic (exact) mass is 164 g/mol. The molecular formula is C10H12O2. The third-order valence-corrected chi connectivity index (χ3v) is 1.43. The lowest BCUT2D eigenvalue weighted by atomic mass is 10.2. The number of aryl methyl sites for hydroxylation is 1. The molecule has 2 nitrogen and oxygen atoms in total. The number of para-hydroxylation sites is 1. The van der Waals surface area contributed by atoms with E-state index in [2.05, 4.69) is 6.58 Å². The molecule has 0 atom stereocenters. The van der Waals surface area contributed by atoms with Crippen LogP contribution in [0.5, 0.6) is 5.75 Å². The van der Waals surface area contributed by atoms with Gasteiger partial charge in [-0.15, -0.1) is 6.58 Å². The van der Waals surface area contributed by atoms with E-state index in [1.54, 1.807) is 6.08 Å². The minimum atomic E-state index is 0.397. The summed E-state index contributed by atoms with van der Waals surface area (Å²) in [4.78, 5) is 9.84. The van der Waals surface area contributed by atoms with E-state index in [1.807, 2.05) is 31.2 Å². The molecule has 1 aromatic rings. The summed E-state index contributed by atoms with van der Waals surface area (Å²) in [7, 11) is 0. The van der Waals surface area contributed by atoms with Gasteiger partial charge in [-0.25, -0.2) is 0 Å². The summed E-state index contributed by atoms with van der Waals surface area (Å²) in [6, 6.07) is 7.68. The maximum Gasteiger partial charge on any atom is 0.168 e. The molecule has 0 spiro atoms. The second kappa shape index (κ2) is 4.57. The van der Waals surface area contributed by atoms with Gasteiger partial charge in [0.05, 0.1) is 0 Å². The predicted octanol–water partition coefficient (Wildman–Crippen LogP) is 2.49. The summed E-state index contributed by atoms with van der Waals surface area (Å²) < 4.78 is 0. The minimum Gasteiger partial charge on any atom is -0.337 e. The normalized spacial score (nSPS) is 9.42. The van der Waals surface area contributed by atoms with Gasteiger partial charge in [0.15, 0.2) is 5.75 Å². The molecule has 1 aromatic carbocycles. The van der Waals surface area contributed by atoms with E-state index in [4.69, 9.17) is 9.78 Å². The third-order valence-electron chi connectivity index (χ3n) is 1.43. The van der Waals surface area contributed by atoms with Gasteiger partial charge >= 0.3 is 0 Å². The van der Waals surface area contributed by atoms with Crippen LogP contribution in [0.15, 0.2) is 36.9 Å². The van der Waals surface area contributed by atoms with Gasteiger partial charge in [-0.2, -0.15) is 4.89 Å². The van der Waals surface area contributed by atoms with Crippen LogP contribution in [0.3, 0.4) is 0 Å². The SMILES string of the molecule is C=CCOOc1ccccc1C. The summed E-state index contributed by atoms with van der Waals surface area (Å²) in [6.07, 6.45) is 1.64. The first kappa shape index (κ1) is 8.81. The van der Waals surface area contributed by atoms with Crippen molar-refractivity contribution >= 4 is 0 Å². The van der Waals surface area contributed by atoms with Crippen molar-refractivity contribution in [1.82, 2.24) is 0 Å². The summed E-state index contributed by atoms with van der Waals surface area (Å²) in [5.74, 6) is 0.749. The fraction of sp³-hybridized carbons (Fsp3) is 0.200. The van der Waals surface area contributed by atoms with Crippen molar-refractivity contribution in [3.8, 4) is 5.75 Å². The Balaban J connectivity index is 2.51. The largest absolute Gasteiger partial charge is 0.337 e. The molecule has 12 heavy (non-hydrogen) atoms. The van der Waals surface area contributed by atoms with Crippen LogP contribution in [0.2, 0.25) is 0 Å². The lowest BCUT2D eigenvalue weighted by Gasteiger charge is -2.04. The number of hydrogen-bond donors (Lipinski definition) is 0. The average molecular weight is 164 g/mol. The predicted molar refractivity (Wildman–Crippen MR) is 48.0 cm³/mol. The summed E-state index contributed by atoms with van der Waals surface area (Å²) >= 11 is 0. The zero-order valence-electron chi connectivity index (χ0n) is 7.12. The summed E-state index contributed by atoms with van der Waals surface area (Å²) in [6.45, 7) is 5.87. The Morgan fingerprint density at radius 2 is 2.17 bits per heavy atom. The molecule has 1 rings (SSSR count). The molecule has 0 radical (unpaired) electrons. The molecule has 0 saturated carbocycles. The molecule has 0 aliphatic rings. The first-order valence-electron chi connectivity index (χ1n) is 3.80. The molecule has 0 amide bonds. The maximum absolute atomic E-state index is 5.01. The minimum absolute atomic E-state index is 0.397. The van der Waals surface area contributed by atoms with Crippen molar-refractivity contribution in [2.24, 2.45) is 0 Å². The van der Waals surface area contributed by atoms with Crippen LogP contribution in [-0.4, -0.2) is 6.61 Å². The first-order chi connectivity index (χ1) is 5.84. The summed E-state index contributed by atoms with van der Waals surface area (Å²) in [5, 5.41) is 0. The van der Waals surface area contributed by atoms with Gasteiger partial charge in [0.1, 0.15) is 6.61 Å². The first-order valence-corrected chi connectivity index (χ1v) is 3.80. The highest BCUT2D eigenvalue weighted by Gasteiger charge is 1.96. The van der Waals surface area contributed by atoms with Gasteiger partial charge in [0, 0.05) is 0 Å². The van der Waals surface area contributed by atoms with E-state index in [0.717, 1.165) is 11.3 Å². The number of hydrogen-bond acceptors (Lipinski definition) is 2. The fourth-order valence-electron chi connectivity index (χ4n) is 0.796. The Labute approximate surface area is 72.4 Å². The molecule has 0 heterocycles. The van der Waals surface area contributed by atoms with Crippen LogP contribution in [0.25, 0.3) is 0 Å². The van der Waals surface area contributed by atoms with E-state index < -0.39 is 0 Å². The van der Waals surface area contributed by atoms with Gasteiger partial charge in [-0.1, -0.05) is 24.3 Å². The lowest BCUT2D eigenvalue weighted by Crippen LogP contribution is -1.97. The topological polar surface area (TPSA) is 18.5 Å². The van der Waals surface area contributed by atoms with Gasteiger partial charge in [-0.05, 0) is 18.6 Å². The van der Waals surface area contributed by atoms with Crippen LogP contribution in [0.4, 0.5) is 0 Å². The van der Waals surface area contributed by atoms with Gasteiger partial charge in [-0.3, -0.25) is 0 Å². The Kier molecular flexibility index (Phi) is 3.35. The Bertz CT molecular complexity index is 256. The molecule has 0 fully saturated rings. The molecule has 0 saturated heterocycles. The highest BCUT2D eigenvalue weighted by Crippen LogP contribution is 2.15. The number of rotatable bonds is 4. The van der Waals surface area contributed by atoms with Crippen molar-refractivity contribution in [3.05, 3.63) is 42.5 Å². The van der Waals surface area contributed by atoms with Crippen LogP contribution >= 0.6 is 0 Å². The van der Waals surface area contributed by atoms with Crippen molar-refractivity contribution in [3.63, 3.8) is 0 Å². The van der Waals surface area contributed by atoms with Gasteiger partial charge < -0.3 is 4.89 Å². The second-order valence-corrected chi connectivity index (χ2v) is 2.42. The average Bonchev–Trinajstić information content (AvgIpc) is 2.09. The van der Waals surface area contributed by atoms with E-state index in [0.29, 0.717) is 6.61 Å². The van der Waals surface area contributed by atoms with Crippen LogP contribution in [0, 0.1) is 6.92 Å². The Morgan fingerprint density at radius 1 is 1.42 bits per heavy atom. The van der Waals surface area contributed by atoms with Crippen molar-refractivity contribution in [2.45, 2.75) is 6.92 Å². The molecule has 0 N–H and O–H groups in total. The van der Waals surface area contributed by atoms with E-state index >= 15 is 0 Å². The Hall–Kier alpha value is -1.28. The van der Waals surface area contributed by atoms with Gasteiger partial charge in [0.25, 0.3) is 0 Å². The van der Waals surface area contributed by atoms with Crippen LogP contribution in [0.1, 0.15) is 5.56 Å². The molecule has 2 heteroatoms. The zero-order chi connectivity index (χ0) is 8.81. The molecule has 64 valence electrons. The maximum atomic E-state index is 5.01. The van der Waals surface area contributed by atoms with E-state index in [1.165, 1.54) is 0 Å². The highest BCUT2D eigenvalue weighted by molar-refractivity contribution is 5.31. The third kappa shape index (κ3) is 2.40. The van der Waals surface area contributed by atoms with Crippen molar-refractivity contribution < 1.29 is 9.78 Å². The fourth-order valence-corrected chi connectivity index (χ4v) is 0.796. The lowest BCUT2D eigenvalue weighted by molar-refractivity contribution is -0.196. The molecular weight excluding hydrogens is 152 g/mol. The highest BCUT2D eigenvalue weighted by atomic mass is 17.2. The van der Waals surface area contributed by atoms with Crippen LogP contribution < -0.4 is 4.89 Å². The van der Waals surface area contributed by atoms with Crippen molar-refractivity contribution in [2.75, 3.05) is 6.61 Å². The Morgan fingerprint density at radius 3 is 2.83 bits per heavy atom. The molecule has 0 bridgehead atoms. The molecule has 0 unspecified atom stereocenters. The zero-order valence-corrected chi connectivity index (χ0v) is 7.12. The quantitative estimate of drug-likeness (QED) is 0.294. The van der Waals surface area contributed by atoms with E-state index in [9.17, 15) is 0 Å². The second-order valence-electron chi connectivity index (χ2n) is 2.42. The van der Waals surface area contributed by atoms with Crippen LogP contribution in [-0.2, 0) is 4.89 Å². The van der Waals surface area contributed by atoms with Crippen molar-refractivity contribution in [1.29, 1.82) is 0 Å². The van der Waals surface area contributed by atoms with E-state index in [-0.39, 0.29) is 0 Å². The molecule has 0 aliphatic carbocycles. The summed E-state index contributed by atoms with van der Waals surface area (Å²) in [5.41, 5.74) is 1.06.